The van der Waals surface area contributed by atoms with Crippen LogP contribution in [0.1, 0.15) is 24.8 Å². The Morgan fingerprint density at radius 2 is 2.14 bits per heavy atom. The van der Waals surface area contributed by atoms with Crippen molar-refractivity contribution in [1.29, 1.82) is 5.26 Å². The summed E-state index contributed by atoms with van der Waals surface area (Å²) in [5, 5.41) is 25.0. The number of piperidine rings is 1. The Morgan fingerprint density at radius 1 is 1.32 bits per heavy atom. The largest absolute Gasteiger partial charge is 0.483 e. The van der Waals surface area contributed by atoms with Crippen molar-refractivity contribution in [3.8, 4) is 23.1 Å². The lowest BCUT2D eigenvalue weighted by molar-refractivity contribution is -0.161. The number of aliphatic hydroxyl groups excluding tert-OH is 1. The van der Waals surface area contributed by atoms with Crippen LogP contribution in [-0.2, 0) is 9.53 Å². The van der Waals surface area contributed by atoms with Gasteiger partial charge in [-0.05, 0) is 31.0 Å². The van der Waals surface area contributed by atoms with E-state index >= 15 is 0 Å². The zero-order chi connectivity index (χ0) is 26.2. The van der Waals surface area contributed by atoms with E-state index in [1.54, 1.807) is 12.1 Å². The number of amides is 2. The summed E-state index contributed by atoms with van der Waals surface area (Å²) in [4.78, 5) is 32.9. The van der Waals surface area contributed by atoms with Gasteiger partial charge in [-0.25, -0.2) is 23.5 Å². The third-order valence-electron chi connectivity index (χ3n) is 6.51. The number of nitrogens with one attached hydrogen (secondary N) is 2. The molecule has 1 aromatic heterocycles. The molecule has 11 nitrogen and oxygen atoms in total. The lowest BCUT2D eigenvalue weighted by Crippen LogP contribution is -2.58. The lowest BCUT2D eigenvalue weighted by Gasteiger charge is -2.38. The highest BCUT2D eigenvalue weighted by molar-refractivity contribution is 5.88. The van der Waals surface area contributed by atoms with Crippen molar-refractivity contribution >= 4 is 17.8 Å². The number of carbonyl (C=O) groups is 2. The highest BCUT2D eigenvalue weighted by atomic mass is 19.3. The molecule has 3 N–H and O–H groups in total. The minimum atomic E-state index is -3.39. The van der Waals surface area contributed by atoms with Gasteiger partial charge in [0, 0.05) is 30.5 Å². The van der Waals surface area contributed by atoms with Crippen LogP contribution < -0.4 is 15.4 Å². The number of nitriles is 1. The smallest absolute Gasteiger partial charge is 0.407 e. The van der Waals surface area contributed by atoms with E-state index in [2.05, 4.69) is 25.3 Å². The minimum absolute atomic E-state index is 0.00511. The van der Waals surface area contributed by atoms with Gasteiger partial charge in [-0.3, -0.25) is 4.79 Å². The molecule has 2 amide bonds. The van der Waals surface area contributed by atoms with Crippen molar-refractivity contribution < 1.29 is 33.0 Å². The van der Waals surface area contributed by atoms with Crippen LogP contribution in [0.25, 0.3) is 11.3 Å². The molecule has 2 unspecified atom stereocenters. The molecule has 194 valence electrons. The molecule has 2 aromatic rings. The number of benzene rings is 1. The van der Waals surface area contributed by atoms with Crippen LogP contribution in [0.4, 0.5) is 19.4 Å². The number of alkyl carbamates (subject to hydrolysis) is 1. The van der Waals surface area contributed by atoms with Crippen molar-refractivity contribution in [2.75, 3.05) is 25.0 Å². The first-order valence-corrected chi connectivity index (χ1v) is 11.8. The molecule has 3 heterocycles. The van der Waals surface area contributed by atoms with Gasteiger partial charge in [0.1, 0.15) is 42.8 Å². The number of carbonyl (C=O) groups excluding carboxylic acids is 2. The Labute approximate surface area is 210 Å². The molecule has 0 radical (unpaired) electrons. The molecule has 3 atom stereocenters. The molecule has 13 heteroatoms. The van der Waals surface area contributed by atoms with Gasteiger partial charge >= 0.3 is 12.0 Å². The fraction of sp³-hybridized carbons (Fsp3) is 0.458. The lowest BCUT2D eigenvalue weighted by atomic mass is 10.0. The number of alkyl halides is 2. The van der Waals surface area contributed by atoms with Crippen LogP contribution in [0.15, 0.2) is 30.6 Å². The minimum Gasteiger partial charge on any atom is -0.483 e. The predicted molar refractivity (Wildman–Crippen MR) is 123 cm³/mol. The number of hydrogen-bond acceptors (Lipinski definition) is 9. The Bertz CT molecular complexity index is 1250. The summed E-state index contributed by atoms with van der Waals surface area (Å²) in [7, 11) is 0. The summed E-state index contributed by atoms with van der Waals surface area (Å²) in [6, 6.07) is 7.12. The molecular formula is C24H24F2N6O5. The topological polar surface area (TPSA) is 150 Å². The summed E-state index contributed by atoms with van der Waals surface area (Å²) in [6.07, 6.45) is 0.0250. The number of rotatable bonds is 7. The van der Waals surface area contributed by atoms with Crippen molar-refractivity contribution in [2.24, 2.45) is 5.92 Å². The number of halogens is 2. The van der Waals surface area contributed by atoms with Crippen molar-refractivity contribution in [2.45, 2.75) is 43.6 Å². The first-order chi connectivity index (χ1) is 17.7. The summed E-state index contributed by atoms with van der Waals surface area (Å²) < 4.78 is 40.2. The van der Waals surface area contributed by atoms with E-state index in [1.165, 1.54) is 18.5 Å². The average molecular weight is 514 g/mol. The van der Waals surface area contributed by atoms with E-state index in [9.17, 15) is 28.7 Å². The van der Waals surface area contributed by atoms with Crippen molar-refractivity contribution in [3.05, 3.63) is 36.2 Å². The predicted octanol–water partition coefficient (Wildman–Crippen LogP) is 1.88. The van der Waals surface area contributed by atoms with Crippen LogP contribution in [0.5, 0.6) is 5.75 Å². The van der Waals surface area contributed by atoms with Crippen LogP contribution >= 0.6 is 0 Å². The number of hydrogen-bond donors (Lipinski definition) is 3. The molecule has 2 saturated heterocycles. The van der Waals surface area contributed by atoms with E-state index in [0.29, 0.717) is 17.1 Å². The number of likely N-dealkylation sites (tertiary alicyclic amines) is 1. The molecule has 37 heavy (non-hydrogen) atoms. The maximum absolute atomic E-state index is 15.0. The van der Waals surface area contributed by atoms with E-state index < -0.39 is 42.8 Å². The van der Waals surface area contributed by atoms with E-state index in [-0.39, 0.29) is 36.8 Å². The van der Waals surface area contributed by atoms with E-state index in [1.807, 2.05) is 6.07 Å². The quantitative estimate of drug-likeness (QED) is 0.471. The number of aromatic nitrogens is 2. The van der Waals surface area contributed by atoms with Crippen molar-refractivity contribution in [3.63, 3.8) is 0 Å². The Hall–Kier alpha value is -4.05. The zero-order valence-electron chi connectivity index (χ0n) is 19.6. The van der Waals surface area contributed by atoms with Gasteiger partial charge in [-0.15, -0.1) is 0 Å². The normalized spacial score (nSPS) is 23.4. The van der Waals surface area contributed by atoms with Crippen LogP contribution in [0.3, 0.4) is 0 Å². The molecule has 5 rings (SSSR count). The number of anilines is 1. The molecule has 3 fully saturated rings. The number of nitrogens with zero attached hydrogens (tertiary/aromatic N) is 4. The molecular weight excluding hydrogens is 490 g/mol. The average Bonchev–Trinajstić information content (AvgIpc) is 3.65. The number of aliphatic hydroxyl groups is 1. The van der Waals surface area contributed by atoms with Crippen LogP contribution in [0.2, 0.25) is 0 Å². The third-order valence-corrected chi connectivity index (χ3v) is 6.51. The maximum Gasteiger partial charge on any atom is 0.407 e. The van der Waals surface area contributed by atoms with E-state index in [0.717, 1.165) is 17.7 Å². The summed E-state index contributed by atoms with van der Waals surface area (Å²) in [5.41, 5.74) is 1.07. The Morgan fingerprint density at radius 3 is 2.81 bits per heavy atom. The SMILES string of the molecule is N#Cc1cc(-c2cc(NC(O)C3CC3)ncn2)ccc1O[C@H]1CCN(C(=O)C2COC(=O)N2)CC1(F)F. The Balaban J connectivity index is 1.27. The summed E-state index contributed by atoms with van der Waals surface area (Å²) >= 11 is 0. The summed E-state index contributed by atoms with van der Waals surface area (Å²) in [5.74, 6) is -3.43. The maximum atomic E-state index is 15.0. The highest BCUT2D eigenvalue weighted by Crippen LogP contribution is 2.35. The van der Waals surface area contributed by atoms with Gasteiger partial charge in [0.2, 0.25) is 5.91 Å². The highest BCUT2D eigenvalue weighted by Gasteiger charge is 2.49. The fourth-order valence-corrected chi connectivity index (χ4v) is 4.30. The van der Waals surface area contributed by atoms with Gasteiger partial charge in [-0.1, -0.05) is 0 Å². The molecule has 1 aromatic carbocycles. The van der Waals surface area contributed by atoms with Crippen molar-refractivity contribution in [1.82, 2.24) is 20.2 Å². The molecule has 0 spiro atoms. The molecule has 0 bridgehead atoms. The van der Waals surface area contributed by atoms with Crippen LogP contribution in [0, 0.1) is 17.2 Å². The second-order valence-corrected chi connectivity index (χ2v) is 9.25. The first-order valence-electron chi connectivity index (χ1n) is 11.8. The van der Waals surface area contributed by atoms with Crippen LogP contribution in [-0.4, -0.2) is 76.0 Å². The zero-order valence-corrected chi connectivity index (χ0v) is 19.6. The monoisotopic (exact) mass is 514 g/mol. The number of cyclic esters (lactones) is 1. The van der Waals surface area contributed by atoms with Gasteiger partial charge in [0.15, 0.2) is 6.10 Å². The van der Waals surface area contributed by atoms with E-state index in [4.69, 9.17) is 4.74 Å². The Kier molecular flexibility index (Phi) is 6.51. The molecule has 3 aliphatic rings. The second-order valence-electron chi connectivity index (χ2n) is 9.25. The fourth-order valence-electron chi connectivity index (χ4n) is 4.30. The number of ether oxygens (including phenoxy) is 2. The second kappa shape index (κ2) is 9.78. The standard InChI is InChI=1S/C24H24F2N6O5/c25-24(26)11-32(22(34)17-10-36-23(35)30-17)6-5-19(24)37-18-4-3-14(7-15(18)9-27)16-8-20(29-12-28-16)31-21(33)13-1-2-13/h3-4,7-8,12-13,17,19,21,33H,1-2,5-6,10-11H2,(H,30,35)(H,28,29,31)/t17?,19-,21?/m0/s1. The molecule has 1 aliphatic carbocycles. The third kappa shape index (κ3) is 5.39. The molecule has 2 aliphatic heterocycles. The summed E-state index contributed by atoms with van der Waals surface area (Å²) in [6.45, 7) is -1.09. The van der Waals surface area contributed by atoms with Gasteiger partial charge < -0.3 is 30.1 Å². The molecule has 1 saturated carbocycles. The first kappa shape index (κ1) is 24.6. The van der Waals surface area contributed by atoms with Gasteiger partial charge in [0.25, 0.3) is 0 Å². The van der Waals surface area contributed by atoms with Gasteiger partial charge in [-0.2, -0.15) is 5.26 Å². The van der Waals surface area contributed by atoms with Gasteiger partial charge in [0.05, 0.1) is 17.8 Å².